The maximum atomic E-state index is 12.0. The predicted molar refractivity (Wildman–Crippen MR) is 72.4 cm³/mol. The van der Waals surface area contributed by atoms with Gasteiger partial charge >= 0.3 is 0 Å². The summed E-state index contributed by atoms with van der Waals surface area (Å²) in [6.07, 6.45) is 0. The Kier molecular flexibility index (Phi) is 5.79. The fraction of sp³-hybridized carbons (Fsp3) is 0.500. The van der Waals surface area contributed by atoms with Gasteiger partial charge in [-0.3, -0.25) is 4.79 Å². The van der Waals surface area contributed by atoms with Crippen molar-refractivity contribution < 1.29 is 19.4 Å². The van der Waals surface area contributed by atoms with E-state index in [0.717, 1.165) is 0 Å². The van der Waals surface area contributed by atoms with E-state index < -0.39 is 5.60 Å². The normalized spacial score (nSPS) is 13.7. The van der Waals surface area contributed by atoms with Crippen LogP contribution in [0.4, 0.5) is 0 Å². The SMILES string of the molecule is CCOc1ccccc1C(=O)NC[C@](C)(O)COC. The highest BCUT2D eigenvalue weighted by atomic mass is 16.5. The molecule has 0 aromatic heterocycles. The summed E-state index contributed by atoms with van der Waals surface area (Å²) in [5.74, 6) is 0.259. The molecule has 0 saturated carbocycles. The molecule has 0 bridgehead atoms. The van der Waals surface area contributed by atoms with Gasteiger partial charge in [-0.25, -0.2) is 0 Å². The average molecular weight is 267 g/mol. The van der Waals surface area contributed by atoms with Crippen LogP contribution in [-0.2, 0) is 4.74 Å². The number of methoxy groups -OCH3 is 1. The topological polar surface area (TPSA) is 67.8 Å². The first-order valence-electron chi connectivity index (χ1n) is 6.21. The summed E-state index contributed by atoms with van der Waals surface area (Å²) in [6.45, 7) is 4.22. The quantitative estimate of drug-likeness (QED) is 0.779. The Morgan fingerprint density at radius 3 is 2.74 bits per heavy atom. The molecule has 0 aliphatic heterocycles. The molecule has 0 fully saturated rings. The van der Waals surface area contributed by atoms with Crippen molar-refractivity contribution in [2.45, 2.75) is 19.4 Å². The molecular weight excluding hydrogens is 246 g/mol. The van der Waals surface area contributed by atoms with Crippen LogP contribution < -0.4 is 10.1 Å². The Labute approximate surface area is 113 Å². The number of carbonyl (C=O) groups is 1. The molecule has 5 nitrogen and oxygen atoms in total. The van der Waals surface area contributed by atoms with Gasteiger partial charge in [0.05, 0.1) is 18.8 Å². The van der Waals surface area contributed by atoms with Gasteiger partial charge in [-0.1, -0.05) is 12.1 Å². The third-order valence-corrected chi connectivity index (χ3v) is 2.52. The maximum Gasteiger partial charge on any atom is 0.255 e. The van der Waals surface area contributed by atoms with Crippen LogP contribution in [0.1, 0.15) is 24.2 Å². The summed E-state index contributed by atoms with van der Waals surface area (Å²) < 4.78 is 10.3. The second kappa shape index (κ2) is 7.11. The van der Waals surface area contributed by atoms with E-state index in [1.165, 1.54) is 7.11 Å². The Balaban J connectivity index is 2.68. The number of aliphatic hydroxyl groups is 1. The number of carbonyl (C=O) groups excluding carboxylic acids is 1. The Morgan fingerprint density at radius 2 is 2.11 bits per heavy atom. The number of para-hydroxylation sites is 1. The minimum absolute atomic E-state index is 0.111. The third-order valence-electron chi connectivity index (χ3n) is 2.52. The molecule has 1 amide bonds. The van der Waals surface area contributed by atoms with Crippen LogP contribution in [0.5, 0.6) is 5.75 Å². The van der Waals surface area contributed by atoms with E-state index in [1.54, 1.807) is 25.1 Å². The molecule has 1 aromatic carbocycles. The van der Waals surface area contributed by atoms with Crippen molar-refractivity contribution in [3.05, 3.63) is 29.8 Å². The molecule has 0 radical (unpaired) electrons. The van der Waals surface area contributed by atoms with Crippen LogP contribution in [0.3, 0.4) is 0 Å². The lowest BCUT2D eigenvalue weighted by atomic mass is 10.1. The molecule has 5 heteroatoms. The third kappa shape index (κ3) is 4.89. The van der Waals surface area contributed by atoms with E-state index >= 15 is 0 Å². The van der Waals surface area contributed by atoms with Crippen molar-refractivity contribution in [1.29, 1.82) is 0 Å². The first-order chi connectivity index (χ1) is 9.00. The zero-order valence-electron chi connectivity index (χ0n) is 11.6. The first-order valence-corrected chi connectivity index (χ1v) is 6.21. The summed E-state index contributed by atoms with van der Waals surface area (Å²) in [5.41, 5.74) is -0.636. The Morgan fingerprint density at radius 1 is 1.42 bits per heavy atom. The zero-order valence-corrected chi connectivity index (χ0v) is 11.6. The molecule has 19 heavy (non-hydrogen) atoms. The zero-order chi connectivity index (χ0) is 14.3. The van der Waals surface area contributed by atoms with E-state index in [1.807, 2.05) is 13.0 Å². The van der Waals surface area contributed by atoms with Gasteiger partial charge in [-0.2, -0.15) is 0 Å². The van der Waals surface area contributed by atoms with Gasteiger partial charge < -0.3 is 19.9 Å². The maximum absolute atomic E-state index is 12.0. The highest BCUT2D eigenvalue weighted by Gasteiger charge is 2.22. The van der Waals surface area contributed by atoms with Crippen molar-refractivity contribution in [2.24, 2.45) is 0 Å². The van der Waals surface area contributed by atoms with Gasteiger partial charge in [-0.05, 0) is 26.0 Å². The smallest absolute Gasteiger partial charge is 0.255 e. The van der Waals surface area contributed by atoms with Gasteiger partial charge in [0, 0.05) is 13.7 Å². The molecule has 2 N–H and O–H groups in total. The highest BCUT2D eigenvalue weighted by molar-refractivity contribution is 5.96. The average Bonchev–Trinajstić information content (AvgIpc) is 2.37. The van der Waals surface area contributed by atoms with Crippen molar-refractivity contribution >= 4 is 5.91 Å². The van der Waals surface area contributed by atoms with E-state index in [4.69, 9.17) is 9.47 Å². The van der Waals surface area contributed by atoms with Gasteiger partial charge in [0.2, 0.25) is 0 Å². The standard InChI is InChI=1S/C14H21NO4/c1-4-19-12-8-6-5-7-11(12)13(16)15-9-14(2,17)10-18-3/h5-8,17H,4,9-10H2,1-3H3,(H,15,16)/t14-/m0/s1. The molecule has 0 saturated heterocycles. The number of rotatable bonds is 7. The molecular formula is C14H21NO4. The van der Waals surface area contributed by atoms with Crippen molar-refractivity contribution in [1.82, 2.24) is 5.32 Å². The minimum Gasteiger partial charge on any atom is -0.493 e. The number of ether oxygens (including phenoxy) is 2. The molecule has 0 heterocycles. The van der Waals surface area contributed by atoms with Crippen LogP contribution in [-0.4, -0.2) is 43.5 Å². The number of nitrogens with one attached hydrogen (secondary N) is 1. The fourth-order valence-electron chi connectivity index (χ4n) is 1.66. The molecule has 0 aliphatic carbocycles. The van der Waals surface area contributed by atoms with Crippen molar-refractivity contribution in [3.8, 4) is 5.75 Å². The number of amides is 1. The van der Waals surface area contributed by atoms with Crippen LogP contribution >= 0.6 is 0 Å². The van der Waals surface area contributed by atoms with Crippen molar-refractivity contribution in [3.63, 3.8) is 0 Å². The van der Waals surface area contributed by atoms with Gasteiger partial charge in [0.15, 0.2) is 0 Å². The van der Waals surface area contributed by atoms with Crippen LogP contribution in [0.2, 0.25) is 0 Å². The Hall–Kier alpha value is -1.59. The molecule has 1 atom stereocenters. The summed E-state index contributed by atoms with van der Waals surface area (Å²) in [6, 6.07) is 7.00. The molecule has 106 valence electrons. The molecule has 1 aromatic rings. The summed E-state index contributed by atoms with van der Waals surface area (Å²) >= 11 is 0. The van der Waals surface area contributed by atoms with Gasteiger partial charge in [-0.15, -0.1) is 0 Å². The lowest BCUT2D eigenvalue weighted by Crippen LogP contribution is -2.43. The van der Waals surface area contributed by atoms with E-state index in [-0.39, 0.29) is 19.1 Å². The van der Waals surface area contributed by atoms with Crippen LogP contribution in [0.25, 0.3) is 0 Å². The van der Waals surface area contributed by atoms with Gasteiger partial charge in [0.25, 0.3) is 5.91 Å². The van der Waals surface area contributed by atoms with Gasteiger partial charge in [0.1, 0.15) is 11.4 Å². The second-order valence-electron chi connectivity index (χ2n) is 4.54. The van der Waals surface area contributed by atoms with E-state index in [9.17, 15) is 9.90 Å². The van der Waals surface area contributed by atoms with Crippen molar-refractivity contribution in [2.75, 3.05) is 26.9 Å². The monoisotopic (exact) mass is 267 g/mol. The molecule has 0 unspecified atom stereocenters. The second-order valence-corrected chi connectivity index (χ2v) is 4.54. The van der Waals surface area contributed by atoms with E-state index in [2.05, 4.69) is 5.32 Å². The number of benzene rings is 1. The minimum atomic E-state index is -1.09. The van der Waals surface area contributed by atoms with Crippen LogP contribution in [0, 0.1) is 0 Å². The number of hydrogen-bond acceptors (Lipinski definition) is 4. The summed E-state index contributed by atoms with van der Waals surface area (Å²) in [5, 5.41) is 12.6. The highest BCUT2D eigenvalue weighted by Crippen LogP contribution is 2.17. The summed E-state index contributed by atoms with van der Waals surface area (Å²) in [7, 11) is 1.50. The lowest BCUT2D eigenvalue weighted by molar-refractivity contribution is -0.0147. The summed E-state index contributed by atoms with van der Waals surface area (Å²) in [4.78, 5) is 12.0. The molecule has 0 aliphatic rings. The van der Waals surface area contributed by atoms with Crippen LogP contribution in [0.15, 0.2) is 24.3 Å². The van der Waals surface area contributed by atoms with E-state index in [0.29, 0.717) is 17.9 Å². The predicted octanol–water partition coefficient (Wildman–Crippen LogP) is 1.21. The Bertz CT molecular complexity index is 418. The molecule has 0 spiro atoms. The first kappa shape index (κ1) is 15.5. The lowest BCUT2D eigenvalue weighted by Gasteiger charge is -2.22. The largest absolute Gasteiger partial charge is 0.493 e. The molecule has 1 rings (SSSR count). The fourth-order valence-corrected chi connectivity index (χ4v) is 1.66. The number of hydrogen-bond donors (Lipinski definition) is 2.